The zero-order chi connectivity index (χ0) is 15.5. The van der Waals surface area contributed by atoms with E-state index in [-0.39, 0.29) is 11.8 Å². The van der Waals surface area contributed by atoms with Gasteiger partial charge in [0.15, 0.2) is 0 Å². The van der Waals surface area contributed by atoms with Crippen molar-refractivity contribution in [1.82, 2.24) is 10.2 Å². The summed E-state index contributed by atoms with van der Waals surface area (Å²) in [4.78, 5) is 14.8. The Morgan fingerprint density at radius 2 is 2.27 bits per heavy atom. The summed E-state index contributed by atoms with van der Waals surface area (Å²) in [6.45, 7) is 4.64. The Morgan fingerprint density at radius 3 is 3.05 bits per heavy atom. The molecule has 0 aliphatic carbocycles. The molecule has 1 saturated heterocycles. The summed E-state index contributed by atoms with van der Waals surface area (Å²) in [5.41, 5.74) is 0.851. The van der Waals surface area contributed by atoms with Gasteiger partial charge >= 0.3 is 0 Å². The molecule has 2 unspecified atom stereocenters. The van der Waals surface area contributed by atoms with Crippen molar-refractivity contribution < 1.29 is 9.21 Å². The summed E-state index contributed by atoms with van der Waals surface area (Å²) in [6, 6.07) is 9.90. The van der Waals surface area contributed by atoms with Crippen LogP contribution < -0.4 is 5.32 Å². The number of piperidine rings is 1. The van der Waals surface area contributed by atoms with Gasteiger partial charge in [-0.2, -0.15) is 0 Å². The number of carbonyl (C=O) groups excluding carboxylic acids is 1. The fraction of sp³-hybridized carbons (Fsp3) is 0.500. The van der Waals surface area contributed by atoms with Crippen LogP contribution in [0.25, 0.3) is 11.0 Å². The van der Waals surface area contributed by atoms with E-state index in [9.17, 15) is 4.79 Å². The lowest BCUT2D eigenvalue weighted by atomic mass is 9.96. The first-order valence-corrected chi connectivity index (χ1v) is 8.11. The minimum absolute atomic E-state index is 0.180. The number of furan rings is 1. The van der Waals surface area contributed by atoms with Gasteiger partial charge in [-0.25, -0.2) is 0 Å². The average molecular weight is 300 g/mol. The van der Waals surface area contributed by atoms with Gasteiger partial charge in [-0.1, -0.05) is 18.2 Å². The molecule has 0 bridgehead atoms. The predicted octanol–water partition coefficient (Wildman–Crippen LogP) is 2.99. The number of hydrogen-bond acceptors (Lipinski definition) is 3. The Bertz CT molecular complexity index is 614. The van der Waals surface area contributed by atoms with E-state index in [1.807, 2.05) is 49.2 Å². The molecule has 2 atom stereocenters. The maximum atomic E-state index is 12.8. The van der Waals surface area contributed by atoms with Crippen LogP contribution in [-0.2, 0) is 4.79 Å². The molecule has 0 spiro atoms. The van der Waals surface area contributed by atoms with E-state index in [0.717, 1.165) is 42.8 Å². The zero-order valence-electron chi connectivity index (χ0n) is 13.3. The molecule has 4 nitrogen and oxygen atoms in total. The Hall–Kier alpha value is -1.81. The van der Waals surface area contributed by atoms with Crippen molar-refractivity contribution in [3.8, 4) is 0 Å². The highest BCUT2D eigenvalue weighted by Gasteiger charge is 2.28. The van der Waals surface area contributed by atoms with Crippen molar-refractivity contribution >= 4 is 16.9 Å². The van der Waals surface area contributed by atoms with Crippen LogP contribution in [0.3, 0.4) is 0 Å². The van der Waals surface area contributed by atoms with Gasteiger partial charge in [0.25, 0.3) is 0 Å². The van der Waals surface area contributed by atoms with E-state index in [0.29, 0.717) is 5.92 Å². The zero-order valence-corrected chi connectivity index (χ0v) is 13.3. The largest absolute Gasteiger partial charge is 0.460 e. The molecular formula is C18H24N2O2. The van der Waals surface area contributed by atoms with Gasteiger partial charge in [0.2, 0.25) is 5.91 Å². The molecule has 22 heavy (non-hydrogen) atoms. The molecule has 0 radical (unpaired) electrons. The van der Waals surface area contributed by atoms with Crippen LogP contribution in [0.5, 0.6) is 0 Å². The van der Waals surface area contributed by atoms with Crippen LogP contribution in [0.2, 0.25) is 0 Å². The fourth-order valence-electron chi connectivity index (χ4n) is 3.33. The van der Waals surface area contributed by atoms with E-state index in [1.165, 1.54) is 6.42 Å². The summed E-state index contributed by atoms with van der Waals surface area (Å²) in [7, 11) is 1.97. The Labute approximate surface area is 131 Å². The van der Waals surface area contributed by atoms with Crippen molar-refractivity contribution in [3.63, 3.8) is 0 Å². The van der Waals surface area contributed by atoms with Crippen molar-refractivity contribution in [2.24, 2.45) is 5.92 Å². The minimum Gasteiger partial charge on any atom is -0.460 e. The highest BCUT2D eigenvalue weighted by molar-refractivity contribution is 5.85. The van der Waals surface area contributed by atoms with E-state index < -0.39 is 0 Å². The average Bonchev–Trinajstić information content (AvgIpc) is 2.98. The molecule has 118 valence electrons. The molecule has 1 fully saturated rings. The van der Waals surface area contributed by atoms with Crippen molar-refractivity contribution in [2.45, 2.75) is 25.7 Å². The van der Waals surface area contributed by atoms with Crippen molar-refractivity contribution in [1.29, 1.82) is 0 Å². The van der Waals surface area contributed by atoms with E-state index >= 15 is 0 Å². The molecule has 4 heteroatoms. The van der Waals surface area contributed by atoms with Crippen LogP contribution >= 0.6 is 0 Å². The second-order valence-corrected chi connectivity index (χ2v) is 6.26. The lowest BCUT2D eigenvalue weighted by Crippen LogP contribution is -2.44. The topological polar surface area (TPSA) is 45.5 Å². The molecular weight excluding hydrogens is 276 g/mol. The van der Waals surface area contributed by atoms with Gasteiger partial charge in [-0.05, 0) is 51.4 Å². The lowest BCUT2D eigenvalue weighted by Gasteiger charge is -2.34. The monoisotopic (exact) mass is 300 g/mol. The van der Waals surface area contributed by atoms with Crippen molar-refractivity contribution in [2.75, 3.05) is 26.7 Å². The summed E-state index contributed by atoms with van der Waals surface area (Å²) < 4.78 is 5.86. The first-order chi connectivity index (χ1) is 10.7. The molecule has 1 amide bonds. The van der Waals surface area contributed by atoms with Gasteiger partial charge in [-0.15, -0.1) is 0 Å². The van der Waals surface area contributed by atoms with Gasteiger partial charge in [0, 0.05) is 18.5 Å². The maximum Gasteiger partial charge on any atom is 0.233 e. The van der Waals surface area contributed by atoms with Gasteiger partial charge in [0.1, 0.15) is 11.3 Å². The number of amides is 1. The molecule has 1 aromatic heterocycles. The standard InChI is InChI=1S/C18H24N2O2/c1-13(17-10-15-7-3-4-8-16(15)22-17)18(21)20-9-5-6-14(12-20)11-19-2/h3-4,7-8,10,13-14,19H,5-6,9,11-12H2,1-2H3. The number of nitrogens with zero attached hydrogens (tertiary/aromatic N) is 1. The molecule has 1 aliphatic heterocycles. The Balaban J connectivity index is 1.73. The normalized spacial score (nSPS) is 20.3. The number of fused-ring (bicyclic) bond motifs is 1. The summed E-state index contributed by atoms with van der Waals surface area (Å²) in [6.07, 6.45) is 2.29. The highest BCUT2D eigenvalue weighted by atomic mass is 16.3. The first kappa shape index (κ1) is 15.1. The minimum atomic E-state index is -0.222. The molecule has 3 rings (SSSR count). The summed E-state index contributed by atoms with van der Waals surface area (Å²) in [5.74, 6) is 1.29. The highest BCUT2D eigenvalue weighted by Crippen LogP contribution is 2.27. The molecule has 2 heterocycles. The maximum absolute atomic E-state index is 12.8. The molecule has 1 aliphatic rings. The van der Waals surface area contributed by atoms with Crippen LogP contribution in [0.4, 0.5) is 0 Å². The quantitative estimate of drug-likeness (QED) is 0.944. The third-order valence-corrected chi connectivity index (χ3v) is 4.57. The number of likely N-dealkylation sites (tertiary alicyclic amines) is 1. The molecule has 1 aromatic carbocycles. The van der Waals surface area contributed by atoms with E-state index in [4.69, 9.17) is 4.42 Å². The van der Waals surface area contributed by atoms with Crippen molar-refractivity contribution in [3.05, 3.63) is 36.1 Å². The van der Waals surface area contributed by atoms with Crippen LogP contribution in [-0.4, -0.2) is 37.5 Å². The van der Waals surface area contributed by atoms with Gasteiger partial charge in [-0.3, -0.25) is 4.79 Å². The molecule has 0 saturated carbocycles. The number of carbonyl (C=O) groups is 1. The summed E-state index contributed by atoms with van der Waals surface area (Å²) in [5, 5.41) is 4.28. The number of benzene rings is 1. The second-order valence-electron chi connectivity index (χ2n) is 6.26. The number of para-hydroxylation sites is 1. The number of nitrogens with one attached hydrogen (secondary N) is 1. The number of rotatable bonds is 4. The third kappa shape index (κ3) is 3.02. The van der Waals surface area contributed by atoms with Gasteiger partial charge in [0.05, 0.1) is 5.92 Å². The van der Waals surface area contributed by atoms with Crippen LogP contribution in [0.15, 0.2) is 34.7 Å². The first-order valence-electron chi connectivity index (χ1n) is 8.11. The predicted molar refractivity (Wildman–Crippen MR) is 87.9 cm³/mol. The Morgan fingerprint density at radius 1 is 1.45 bits per heavy atom. The molecule has 2 aromatic rings. The van der Waals surface area contributed by atoms with Crippen LogP contribution in [0, 0.1) is 5.92 Å². The summed E-state index contributed by atoms with van der Waals surface area (Å²) >= 11 is 0. The third-order valence-electron chi connectivity index (χ3n) is 4.57. The number of hydrogen-bond donors (Lipinski definition) is 1. The van der Waals surface area contributed by atoms with E-state index in [1.54, 1.807) is 0 Å². The van der Waals surface area contributed by atoms with Gasteiger partial charge < -0.3 is 14.6 Å². The molecule has 1 N–H and O–H groups in total. The SMILES string of the molecule is CNCC1CCCN(C(=O)C(C)c2cc3ccccc3o2)C1. The smallest absolute Gasteiger partial charge is 0.233 e. The second kappa shape index (κ2) is 6.53. The van der Waals surface area contributed by atoms with E-state index in [2.05, 4.69) is 5.32 Å². The Kier molecular flexibility index (Phi) is 4.48. The fourth-order valence-corrected chi connectivity index (χ4v) is 3.33. The lowest BCUT2D eigenvalue weighted by molar-refractivity contribution is -0.134. The van der Waals surface area contributed by atoms with Crippen LogP contribution in [0.1, 0.15) is 31.4 Å².